The molecule has 0 atom stereocenters. The van der Waals surface area contributed by atoms with E-state index >= 15 is 0 Å². The lowest BCUT2D eigenvalue weighted by molar-refractivity contribution is 0.0701. The number of nitrogens with zero attached hydrogens (tertiary/aromatic N) is 1. The predicted molar refractivity (Wildman–Crippen MR) is 56.3 cm³/mol. The van der Waals surface area contributed by atoms with Crippen LogP contribution < -0.4 is 0 Å². The summed E-state index contributed by atoms with van der Waals surface area (Å²) < 4.78 is 0. The third-order valence-corrected chi connectivity index (χ3v) is 3.19. The summed E-state index contributed by atoms with van der Waals surface area (Å²) in [6, 6.07) is 3.03. The third-order valence-electron chi connectivity index (χ3n) is 2.13. The van der Waals surface area contributed by atoms with Crippen molar-refractivity contribution in [2.45, 2.75) is 0 Å². The van der Waals surface area contributed by atoms with Gasteiger partial charge in [-0.25, -0.2) is 4.79 Å². The van der Waals surface area contributed by atoms with Gasteiger partial charge in [-0.3, -0.25) is 4.79 Å². The third kappa shape index (κ3) is 1.92. The molecule has 0 spiro atoms. The maximum absolute atomic E-state index is 11.8. The Morgan fingerprint density at radius 2 is 1.80 bits per heavy atom. The summed E-state index contributed by atoms with van der Waals surface area (Å²) >= 11 is 1.02. The fraction of sp³-hybridized carbons (Fsp3) is 0.200. The van der Waals surface area contributed by atoms with Gasteiger partial charge >= 0.3 is 5.97 Å². The first-order valence-corrected chi connectivity index (χ1v) is 5.27. The summed E-state index contributed by atoms with van der Waals surface area (Å²) in [6.07, 6.45) is 3.84. The van der Waals surface area contributed by atoms with E-state index in [9.17, 15) is 9.59 Å². The van der Waals surface area contributed by atoms with Crippen LogP contribution >= 0.6 is 11.3 Å². The monoisotopic (exact) mass is 223 g/mol. The molecule has 1 aromatic rings. The molecular weight excluding hydrogens is 214 g/mol. The highest BCUT2D eigenvalue weighted by Gasteiger charge is 2.19. The second-order valence-corrected chi connectivity index (χ2v) is 4.23. The average Bonchev–Trinajstić information content (AvgIpc) is 2.88. The lowest BCUT2D eigenvalue weighted by atomic mass is 10.4. The first kappa shape index (κ1) is 9.92. The Morgan fingerprint density at radius 3 is 2.33 bits per heavy atom. The van der Waals surface area contributed by atoms with E-state index in [-0.39, 0.29) is 10.8 Å². The van der Waals surface area contributed by atoms with Crippen molar-refractivity contribution in [1.29, 1.82) is 0 Å². The highest BCUT2D eigenvalue weighted by molar-refractivity contribution is 7.15. The van der Waals surface area contributed by atoms with Crippen LogP contribution in [0.1, 0.15) is 19.3 Å². The molecule has 0 bridgehead atoms. The minimum absolute atomic E-state index is 0.0995. The van der Waals surface area contributed by atoms with Crippen molar-refractivity contribution in [3.05, 3.63) is 34.0 Å². The molecule has 4 nitrogen and oxygen atoms in total. The average molecular weight is 223 g/mol. The van der Waals surface area contributed by atoms with E-state index in [0.29, 0.717) is 18.0 Å². The van der Waals surface area contributed by atoms with Crippen LogP contribution in [0, 0.1) is 0 Å². The number of hydrogen-bond donors (Lipinski definition) is 1. The normalized spacial score (nSPS) is 14.5. The standard InChI is InChI=1S/C10H9NO3S/c12-9(11-5-1-2-6-11)7-3-4-8(15-7)10(13)14/h1-4H,5-6H2,(H,13,14). The number of aromatic carboxylic acids is 1. The number of amides is 1. The van der Waals surface area contributed by atoms with Gasteiger partial charge in [0.1, 0.15) is 4.88 Å². The van der Waals surface area contributed by atoms with Gasteiger partial charge in [0.2, 0.25) is 0 Å². The molecule has 0 aromatic carbocycles. The summed E-state index contributed by atoms with van der Waals surface area (Å²) in [5.41, 5.74) is 0. The van der Waals surface area contributed by atoms with E-state index in [1.54, 1.807) is 11.0 Å². The van der Waals surface area contributed by atoms with E-state index in [2.05, 4.69) is 0 Å². The lowest BCUT2D eigenvalue weighted by Gasteiger charge is -2.13. The Bertz CT molecular complexity index is 428. The molecule has 0 radical (unpaired) electrons. The van der Waals surface area contributed by atoms with Crippen LogP contribution in [0.25, 0.3) is 0 Å². The van der Waals surface area contributed by atoms with Crippen molar-refractivity contribution in [2.75, 3.05) is 13.1 Å². The van der Waals surface area contributed by atoms with Crippen molar-refractivity contribution in [1.82, 2.24) is 4.90 Å². The van der Waals surface area contributed by atoms with Gasteiger partial charge in [0.15, 0.2) is 0 Å². The first-order chi connectivity index (χ1) is 7.18. The van der Waals surface area contributed by atoms with Crippen LogP contribution in [-0.4, -0.2) is 35.0 Å². The van der Waals surface area contributed by atoms with Gasteiger partial charge in [-0.1, -0.05) is 12.2 Å². The number of thiophene rings is 1. The molecule has 1 aromatic heterocycles. The maximum atomic E-state index is 11.8. The fourth-order valence-electron chi connectivity index (χ4n) is 1.37. The van der Waals surface area contributed by atoms with Crippen molar-refractivity contribution < 1.29 is 14.7 Å². The molecule has 1 aliphatic rings. The van der Waals surface area contributed by atoms with Crippen LogP contribution in [0.2, 0.25) is 0 Å². The van der Waals surface area contributed by atoms with E-state index in [1.165, 1.54) is 6.07 Å². The number of carboxylic acids is 1. The molecular formula is C10H9NO3S. The van der Waals surface area contributed by atoms with Gasteiger partial charge in [0, 0.05) is 13.1 Å². The van der Waals surface area contributed by atoms with Crippen LogP contribution in [-0.2, 0) is 0 Å². The minimum atomic E-state index is -0.987. The Hall–Kier alpha value is -1.62. The molecule has 1 amide bonds. The fourth-order valence-corrected chi connectivity index (χ4v) is 2.18. The predicted octanol–water partition coefficient (Wildman–Crippen LogP) is 1.46. The molecule has 5 heteroatoms. The van der Waals surface area contributed by atoms with Crippen molar-refractivity contribution in [3.63, 3.8) is 0 Å². The van der Waals surface area contributed by atoms with Crippen LogP contribution in [0.15, 0.2) is 24.3 Å². The Balaban J connectivity index is 2.15. The number of rotatable bonds is 2. The lowest BCUT2D eigenvalue weighted by Crippen LogP contribution is -2.27. The van der Waals surface area contributed by atoms with E-state index < -0.39 is 5.97 Å². The minimum Gasteiger partial charge on any atom is -0.477 e. The highest BCUT2D eigenvalue weighted by Crippen LogP contribution is 2.19. The van der Waals surface area contributed by atoms with E-state index in [4.69, 9.17) is 5.11 Å². The SMILES string of the molecule is O=C(O)c1ccc(C(=O)N2CC=CC2)s1. The van der Waals surface area contributed by atoms with E-state index in [1.807, 2.05) is 12.2 Å². The quantitative estimate of drug-likeness (QED) is 0.772. The summed E-state index contributed by atoms with van der Waals surface area (Å²) in [4.78, 5) is 24.8. The zero-order valence-electron chi connectivity index (χ0n) is 7.84. The second kappa shape index (κ2) is 3.86. The summed E-state index contributed by atoms with van der Waals surface area (Å²) in [7, 11) is 0. The molecule has 2 rings (SSSR count). The molecule has 2 heterocycles. The van der Waals surface area contributed by atoms with Crippen molar-refractivity contribution in [2.24, 2.45) is 0 Å². The molecule has 15 heavy (non-hydrogen) atoms. The van der Waals surface area contributed by atoms with E-state index in [0.717, 1.165) is 11.3 Å². The largest absolute Gasteiger partial charge is 0.477 e. The van der Waals surface area contributed by atoms with Crippen LogP contribution in [0.3, 0.4) is 0 Å². The van der Waals surface area contributed by atoms with Crippen LogP contribution in [0.5, 0.6) is 0 Å². The van der Waals surface area contributed by atoms with Crippen molar-refractivity contribution >= 4 is 23.2 Å². The summed E-state index contributed by atoms with van der Waals surface area (Å²) in [5.74, 6) is -1.09. The van der Waals surface area contributed by atoms with Gasteiger partial charge in [-0.15, -0.1) is 11.3 Å². The second-order valence-electron chi connectivity index (χ2n) is 3.15. The maximum Gasteiger partial charge on any atom is 0.345 e. The zero-order chi connectivity index (χ0) is 10.8. The zero-order valence-corrected chi connectivity index (χ0v) is 8.66. The molecule has 0 saturated heterocycles. The van der Waals surface area contributed by atoms with Gasteiger partial charge in [-0.2, -0.15) is 0 Å². The Labute approximate surface area is 90.4 Å². The van der Waals surface area contributed by atoms with Gasteiger partial charge < -0.3 is 10.0 Å². The van der Waals surface area contributed by atoms with Gasteiger partial charge in [-0.05, 0) is 12.1 Å². The molecule has 0 aliphatic carbocycles. The molecule has 1 N–H and O–H groups in total. The Kier molecular flexibility index (Phi) is 2.55. The van der Waals surface area contributed by atoms with Gasteiger partial charge in [0.05, 0.1) is 4.88 Å². The number of carbonyl (C=O) groups is 2. The topological polar surface area (TPSA) is 57.6 Å². The highest BCUT2D eigenvalue weighted by atomic mass is 32.1. The number of hydrogen-bond acceptors (Lipinski definition) is 3. The molecule has 0 saturated carbocycles. The Morgan fingerprint density at radius 1 is 1.20 bits per heavy atom. The number of carbonyl (C=O) groups excluding carboxylic acids is 1. The summed E-state index contributed by atoms with van der Waals surface area (Å²) in [6.45, 7) is 1.22. The molecule has 78 valence electrons. The smallest absolute Gasteiger partial charge is 0.345 e. The summed E-state index contributed by atoms with van der Waals surface area (Å²) in [5, 5.41) is 8.72. The molecule has 0 unspecified atom stereocenters. The first-order valence-electron chi connectivity index (χ1n) is 4.46. The molecule has 1 aliphatic heterocycles. The van der Waals surface area contributed by atoms with Gasteiger partial charge in [0.25, 0.3) is 5.91 Å². The molecule has 0 fully saturated rings. The van der Waals surface area contributed by atoms with Crippen molar-refractivity contribution in [3.8, 4) is 0 Å². The number of carboxylic acid groups (broad SMARTS) is 1. The van der Waals surface area contributed by atoms with Crippen LogP contribution in [0.4, 0.5) is 0 Å².